The zero-order valence-corrected chi connectivity index (χ0v) is 6.49. The molecule has 0 aliphatic rings. The Morgan fingerprint density at radius 1 is 1.30 bits per heavy atom. The van der Waals surface area contributed by atoms with Crippen molar-refractivity contribution < 1.29 is 0 Å². The highest BCUT2D eigenvalue weighted by Crippen LogP contribution is 2.20. The van der Waals surface area contributed by atoms with E-state index in [4.69, 9.17) is 11.6 Å². The first kappa shape index (κ1) is 6.07. The number of fused-ring (bicyclic) bond motifs is 1. The molecule has 1 aromatic heterocycles. The molecule has 0 aliphatic heterocycles. The smallest absolute Gasteiger partial charge is 0.123 e. The molecular weight excluding hydrogens is 168 g/mol. The minimum atomic E-state index is 0.672. The molecule has 1 heterocycles. The largest absolute Gasteiger partial charge is 0.173 e. The third-order valence-corrected chi connectivity index (χ3v) is 2.08. The van der Waals surface area contributed by atoms with Gasteiger partial charge in [0.25, 0.3) is 0 Å². The van der Waals surface area contributed by atoms with Crippen LogP contribution in [0.5, 0.6) is 0 Å². The summed E-state index contributed by atoms with van der Waals surface area (Å²) in [6, 6.07) is 5.57. The van der Waals surface area contributed by atoms with Crippen LogP contribution in [0.3, 0.4) is 0 Å². The van der Waals surface area contributed by atoms with Gasteiger partial charge in [-0.15, -0.1) is 0 Å². The molecule has 10 heavy (non-hydrogen) atoms. The molecule has 0 saturated heterocycles. The van der Waals surface area contributed by atoms with Crippen molar-refractivity contribution in [1.29, 1.82) is 0 Å². The fourth-order valence-electron chi connectivity index (χ4n) is 0.773. The van der Waals surface area contributed by atoms with Crippen LogP contribution in [0.2, 0.25) is 5.02 Å². The van der Waals surface area contributed by atoms with E-state index in [0.29, 0.717) is 5.02 Å². The molecule has 0 saturated carbocycles. The van der Waals surface area contributed by atoms with Crippen molar-refractivity contribution >= 4 is 34.4 Å². The summed E-state index contributed by atoms with van der Waals surface area (Å²) in [5, 5.41) is 0.672. The van der Waals surface area contributed by atoms with Crippen molar-refractivity contribution in [2.24, 2.45) is 0 Å². The Hall–Kier alpha value is -0.670. The molecule has 1 aromatic carbocycles. The first-order valence-electron chi connectivity index (χ1n) is 2.75. The van der Waals surface area contributed by atoms with Gasteiger partial charge in [0.15, 0.2) is 0 Å². The lowest BCUT2D eigenvalue weighted by atomic mass is 10.3. The van der Waals surface area contributed by atoms with E-state index in [2.05, 4.69) is 8.75 Å². The summed E-state index contributed by atoms with van der Waals surface area (Å²) in [5.41, 5.74) is 1.67. The monoisotopic (exact) mass is 170 g/mol. The summed E-state index contributed by atoms with van der Waals surface area (Å²) in [6.07, 6.45) is 0. The summed E-state index contributed by atoms with van der Waals surface area (Å²) in [6.45, 7) is 0. The highest BCUT2D eigenvalue weighted by molar-refractivity contribution is 7.00. The van der Waals surface area contributed by atoms with E-state index in [0.717, 1.165) is 11.0 Å². The van der Waals surface area contributed by atoms with Crippen LogP contribution in [-0.4, -0.2) is 8.75 Å². The number of aromatic nitrogens is 2. The Labute approximate surface area is 66.8 Å². The van der Waals surface area contributed by atoms with Gasteiger partial charge in [0.1, 0.15) is 11.0 Å². The fraction of sp³-hybridized carbons (Fsp3) is 0. The first-order valence-corrected chi connectivity index (χ1v) is 3.85. The number of hydrogen-bond donors (Lipinski definition) is 0. The SMILES string of the molecule is Clc1cccc2nsnc12. The van der Waals surface area contributed by atoms with Crippen molar-refractivity contribution in [2.75, 3.05) is 0 Å². The molecule has 2 aromatic rings. The molecule has 0 spiro atoms. The Balaban J connectivity index is 2.95. The van der Waals surface area contributed by atoms with Crippen molar-refractivity contribution in [3.05, 3.63) is 23.2 Å². The summed E-state index contributed by atoms with van der Waals surface area (Å²) in [7, 11) is 0. The molecule has 0 bridgehead atoms. The third kappa shape index (κ3) is 0.786. The minimum Gasteiger partial charge on any atom is -0.173 e. The molecule has 2 nitrogen and oxygen atoms in total. The Morgan fingerprint density at radius 3 is 3.00 bits per heavy atom. The van der Waals surface area contributed by atoms with Crippen LogP contribution < -0.4 is 0 Å². The predicted molar refractivity (Wildman–Crippen MR) is 42.4 cm³/mol. The molecule has 0 fully saturated rings. The van der Waals surface area contributed by atoms with E-state index < -0.39 is 0 Å². The van der Waals surface area contributed by atoms with Crippen LogP contribution in [0.4, 0.5) is 0 Å². The Kier molecular flexibility index (Phi) is 1.32. The molecule has 0 radical (unpaired) electrons. The second-order valence-corrected chi connectivity index (χ2v) is 2.81. The molecule has 0 amide bonds. The van der Waals surface area contributed by atoms with Gasteiger partial charge < -0.3 is 0 Å². The predicted octanol–water partition coefficient (Wildman–Crippen LogP) is 2.34. The molecule has 0 N–H and O–H groups in total. The van der Waals surface area contributed by atoms with Gasteiger partial charge in [-0.1, -0.05) is 17.7 Å². The summed E-state index contributed by atoms with van der Waals surface area (Å²) < 4.78 is 8.04. The highest BCUT2D eigenvalue weighted by atomic mass is 35.5. The maximum atomic E-state index is 5.80. The lowest BCUT2D eigenvalue weighted by Gasteiger charge is -1.86. The number of benzene rings is 1. The first-order chi connectivity index (χ1) is 4.88. The van der Waals surface area contributed by atoms with Gasteiger partial charge in [-0.25, -0.2) is 0 Å². The third-order valence-electron chi connectivity index (χ3n) is 1.24. The van der Waals surface area contributed by atoms with Gasteiger partial charge in [-0.2, -0.15) is 8.75 Å². The number of halogens is 1. The second kappa shape index (κ2) is 2.18. The van der Waals surface area contributed by atoms with Crippen LogP contribution in [0.25, 0.3) is 11.0 Å². The Bertz CT molecular complexity index is 357. The van der Waals surface area contributed by atoms with Gasteiger partial charge in [0, 0.05) is 0 Å². The average Bonchev–Trinajstić information content (AvgIpc) is 2.36. The van der Waals surface area contributed by atoms with Gasteiger partial charge >= 0.3 is 0 Å². The lowest BCUT2D eigenvalue weighted by Crippen LogP contribution is -1.68. The van der Waals surface area contributed by atoms with E-state index >= 15 is 0 Å². The van der Waals surface area contributed by atoms with E-state index in [9.17, 15) is 0 Å². The zero-order valence-electron chi connectivity index (χ0n) is 4.91. The van der Waals surface area contributed by atoms with E-state index in [-0.39, 0.29) is 0 Å². The highest BCUT2D eigenvalue weighted by Gasteiger charge is 1.99. The topological polar surface area (TPSA) is 25.8 Å². The van der Waals surface area contributed by atoms with E-state index in [1.165, 1.54) is 11.7 Å². The van der Waals surface area contributed by atoms with Gasteiger partial charge in [-0.05, 0) is 12.1 Å². The zero-order chi connectivity index (χ0) is 6.97. The summed E-state index contributed by atoms with van der Waals surface area (Å²) in [4.78, 5) is 0. The molecule has 0 aliphatic carbocycles. The van der Waals surface area contributed by atoms with Crippen molar-refractivity contribution in [3.8, 4) is 0 Å². The Morgan fingerprint density at radius 2 is 2.20 bits per heavy atom. The van der Waals surface area contributed by atoms with Gasteiger partial charge in [0.05, 0.1) is 16.8 Å². The molecule has 0 unspecified atom stereocenters. The maximum absolute atomic E-state index is 5.80. The average molecular weight is 171 g/mol. The normalized spacial score (nSPS) is 10.5. The van der Waals surface area contributed by atoms with Crippen molar-refractivity contribution in [3.63, 3.8) is 0 Å². The maximum Gasteiger partial charge on any atom is 0.123 e. The van der Waals surface area contributed by atoms with Crippen LogP contribution in [0, 0.1) is 0 Å². The van der Waals surface area contributed by atoms with E-state index in [1.54, 1.807) is 0 Å². The molecular formula is C6H3ClN2S. The summed E-state index contributed by atoms with van der Waals surface area (Å²) in [5.74, 6) is 0. The van der Waals surface area contributed by atoms with Crippen LogP contribution in [-0.2, 0) is 0 Å². The quantitative estimate of drug-likeness (QED) is 0.607. The molecule has 4 heteroatoms. The van der Waals surface area contributed by atoms with Crippen LogP contribution in [0.1, 0.15) is 0 Å². The molecule has 2 rings (SSSR count). The molecule has 50 valence electrons. The lowest BCUT2D eigenvalue weighted by molar-refractivity contribution is 1.64. The van der Waals surface area contributed by atoms with Crippen LogP contribution in [0.15, 0.2) is 18.2 Å². The van der Waals surface area contributed by atoms with Crippen LogP contribution >= 0.6 is 23.3 Å². The molecule has 0 atom stereocenters. The standard InChI is InChI=1S/C6H3ClN2S/c7-4-2-1-3-5-6(4)9-10-8-5/h1-3H. The second-order valence-electron chi connectivity index (χ2n) is 1.87. The number of nitrogens with zero attached hydrogens (tertiary/aromatic N) is 2. The van der Waals surface area contributed by atoms with Crippen molar-refractivity contribution in [1.82, 2.24) is 8.75 Å². The number of rotatable bonds is 0. The van der Waals surface area contributed by atoms with Crippen molar-refractivity contribution in [2.45, 2.75) is 0 Å². The fourth-order valence-corrected chi connectivity index (χ4v) is 1.58. The minimum absolute atomic E-state index is 0.672. The van der Waals surface area contributed by atoms with E-state index in [1.807, 2.05) is 18.2 Å². The summed E-state index contributed by atoms with van der Waals surface area (Å²) >= 11 is 6.99. The van der Waals surface area contributed by atoms with Gasteiger partial charge in [0.2, 0.25) is 0 Å². The number of hydrogen-bond acceptors (Lipinski definition) is 3. The van der Waals surface area contributed by atoms with Gasteiger partial charge in [-0.3, -0.25) is 0 Å².